The summed E-state index contributed by atoms with van der Waals surface area (Å²) in [5.74, 6) is -0.108. The molecule has 0 spiro atoms. The van der Waals surface area contributed by atoms with E-state index in [2.05, 4.69) is 5.32 Å². The predicted molar refractivity (Wildman–Crippen MR) is 92.0 cm³/mol. The SMILES string of the molecule is COCCN1CCNC(CC(=O)N(C)c2ccccc2)C1=O.Cl. The van der Waals surface area contributed by atoms with E-state index >= 15 is 0 Å². The number of amides is 2. The number of para-hydroxylation sites is 1. The van der Waals surface area contributed by atoms with Crippen molar-refractivity contribution >= 4 is 29.9 Å². The van der Waals surface area contributed by atoms with Crippen LogP contribution in [0, 0.1) is 0 Å². The van der Waals surface area contributed by atoms with E-state index in [1.165, 1.54) is 0 Å². The fourth-order valence-corrected chi connectivity index (χ4v) is 2.48. The van der Waals surface area contributed by atoms with Crippen LogP contribution in [-0.2, 0) is 14.3 Å². The number of benzene rings is 1. The summed E-state index contributed by atoms with van der Waals surface area (Å²) in [6.07, 6.45) is 0.160. The maximum Gasteiger partial charge on any atom is 0.240 e. The van der Waals surface area contributed by atoms with Gasteiger partial charge in [-0.2, -0.15) is 0 Å². The quantitative estimate of drug-likeness (QED) is 0.835. The standard InChI is InChI=1S/C16H23N3O3.ClH/c1-18(13-6-4-3-5-7-13)15(20)12-14-16(21)19(9-8-17-14)10-11-22-2;/h3-7,14,17H,8-12H2,1-2H3;1H. The van der Waals surface area contributed by atoms with E-state index in [0.29, 0.717) is 26.2 Å². The van der Waals surface area contributed by atoms with Gasteiger partial charge in [0, 0.05) is 39.5 Å². The van der Waals surface area contributed by atoms with Crippen LogP contribution in [0.15, 0.2) is 30.3 Å². The molecule has 1 N–H and O–H groups in total. The minimum Gasteiger partial charge on any atom is -0.383 e. The molecule has 0 saturated carbocycles. The van der Waals surface area contributed by atoms with E-state index in [4.69, 9.17) is 4.74 Å². The van der Waals surface area contributed by atoms with Crippen molar-refractivity contribution < 1.29 is 14.3 Å². The van der Waals surface area contributed by atoms with Gasteiger partial charge in [-0.1, -0.05) is 18.2 Å². The Morgan fingerprint density at radius 3 is 2.74 bits per heavy atom. The summed E-state index contributed by atoms with van der Waals surface area (Å²) in [4.78, 5) is 28.1. The van der Waals surface area contributed by atoms with E-state index in [1.807, 2.05) is 30.3 Å². The molecule has 128 valence electrons. The number of ether oxygens (including phenoxy) is 1. The average molecular weight is 342 g/mol. The lowest BCUT2D eigenvalue weighted by atomic mass is 10.1. The van der Waals surface area contributed by atoms with Crippen molar-refractivity contribution in [2.75, 3.05) is 45.3 Å². The molecular weight excluding hydrogens is 318 g/mol. The molecule has 1 aliphatic heterocycles. The Labute approximate surface area is 143 Å². The molecule has 6 nitrogen and oxygen atoms in total. The first kappa shape index (κ1) is 19.4. The molecule has 1 saturated heterocycles. The Balaban J connectivity index is 0.00000264. The number of hydrogen-bond acceptors (Lipinski definition) is 4. The minimum atomic E-state index is -0.454. The minimum absolute atomic E-state index is 0. The second-order valence-corrected chi connectivity index (χ2v) is 5.32. The Morgan fingerprint density at radius 2 is 2.09 bits per heavy atom. The molecule has 0 bridgehead atoms. The Kier molecular flexibility index (Phi) is 8.02. The van der Waals surface area contributed by atoms with Gasteiger partial charge in [-0.3, -0.25) is 9.59 Å². The second kappa shape index (κ2) is 9.50. The summed E-state index contributed by atoms with van der Waals surface area (Å²) in [5, 5.41) is 3.13. The first-order chi connectivity index (χ1) is 10.6. The largest absolute Gasteiger partial charge is 0.383 e. The molecular formula is C16H24ClN3O3. The third-order valence-corrected chi connectivity index (χ3v) is 3.84. The van der Waals surface area contributed by atoms with Gasteiger partial charge in [-0.25, -0.2) is 0 Å². The van der Waals surface area contributed by atoms with E-state index < -0.39 is 6.04 Å². The first-order valence-corrected chi connectivity index (χ1v) is 7.46. The van der Waals surface area contributed by atoms with Gasteiger partial charge >= 0.3 is 0 Å². The van der Waals surface area contributed by atoms with Crippen molar-refractivity contribution in [3.63, 3.8) is 0 Å². The molecule has 7 heteroatoms. The number of anilines is 1. The van der Waals surface area contributed by atoms with Gasteiger partial charge < -0.3 is 19.9 Å². The van der Waals surface area contributed by atoms with E-state index in [9.17, 15) is 9.59 Å². The molecule has 0 aliphatic carbocycles. The molecule has 1 aromatic carbocycles. The molecule has 1 atom stereocenters. The molecule has 2 amide bonds. The van der Waals surface area contributed by atoms with Crippen LogP contribution in [0.25, 0.3) is 0 Å². The highest BCUT2D eigenvalue weighted by Gasteiger charge is 2.30. The summed E-state index contributed by atoms with van der Waals surface area (Å²) in [7, 11) is 3.34. The third kappa shape index (κ3) is 5.20. The molecule has 0 aromatic heterocycles. The smallest absolute Gasteiger partial charge is 0.240 e. The summed E-state index contributed by atoms with van der Waals surface area (Å²) in [6.45, 7) is 2.43. The van der Waals surface area contributed by atoms with Gasteiger partial charge in [0.25, 0.3) is 0 Å². The molecule has 1 unspecified atom stereocenters. The second-order valence-electron chi connectivity index (χ2n) is 5.32. The number of piperazine rings is 1. The lowest BCUT2D eigenvalue weighted by Gasteiger charge is -2.33. The van der Waals surface area contributed by atoms with E-state index in [0.717, 1.165) is 5.69 Å². The number of carbonyl (C=O) groups excluding carboxylic acids is 2. The van der Waals surface area contributed by atoms with Crippen LogP contribution >= 0.6 is 12.4 Å². The fraction of sp³-hybridized carbons (Fsp3) is 0.500. The number of methoxy groups -OCH3 is 1. The van der Waals surface area contributed by atoms with Crippen molar-refractivity contribution in [1.82, 2.24) is 10.2 Å². The highest BCUT2D eigenvalue weighted by atomic mass is 35.5. The summed E-state index contributed by atoms with van der Waals surface area (Å²) < 4.78 is 5.02. The van der Waals surface area contributed by atoms with Crippen LogP contribution in [0.5, 0.6) is 0 Å². The van der Waals surface area contributed by atoms with Crippen LogP contribution < -0.4 is 10.2 Å². The van der Waals surface area contributed by atoms with Gasteiger partial charge in [0.2, 0.25) is 11.8 Å². The van der Waals surface area contributed by atoms with Crippen LogP contribution in [0.2, 0.25) is 0 Å². The molecule has 2 rings (SSSR count). The van der Waals surface area contributed by atoms with Crippen molar-refractivity contribution in [2.45, 2.75) is 12.5 Å². The topological polar surface area (TPSA) is 61.9 Å². The van der Waals surface area contributed by atoms with Crippen molar-refractivity contribution in [1.29, 1.82) is 0 Å². The van der Waals surface area contributed by atoms with Crippen molar-refractivity contribution in [2.24, 2.45) is 0 Å². The molecule has 1 aliphatic rings. The normalized spacial score (nSPS) is 17.6. The number of hydrogen-bond donors (Lipinski definition) is 1. The average Bonchev–Trinajstić information content (AvgIpc) is 2.55. The number of halogens is 1. The molecule has 1 aromatic rings. The van der Waals surface area contributed by atoms with Crippen LogP contribution in [-0.4, -0.2) is 63.2 Å². The maximum absolute atomic E-state index is 12.4. The monoisotopic (exact) mass is 341 g/mol. The Bertz CT molecular complexity index is 513. The van der Waals surface area contributed by atoms with Gasteiger partial charge in [0.15, 0.2) is 0 Å². The lowest BCUT2D eigenvalue weighted by molar-refractivity contribution is -0.138. The zero-order chi connectivity index (χ0) is 15.9. The van der Waals surface area contributed by atoms with Crippen LogP contribution in [0.4, 0.5) is 5.69 Å². The van der Waals surface area contributed by atoms with Crippen molar-refractivity contribution in [3.05, 3.63) is 30.3 Å². The number of rotatable bonds is 6. The number of carbonyl (C=O) groups is 2. The number of nitrogens with one attached hydrogen (secondary N) is 1. The zero-order valence-corrected chi connectivity index (χ0v) is 14.3. The van der Waals surface area contributed by atoms with Gasteiger partial charge in [-0.05, 0) is 12.1 Å². The highest BCUT2D eigenvalue weighted by Crippen LogP contribution is 2.14. The fourth-order valence-electron chi connectivity index (χ4n) is 2.48. The van der Waals surface area contributed by atoms with Gasteiger partial charge in [0.05, 0.1) is 19.1 Å². The van der Waals surface area contributed by atoms with Crippen LogP contribution in [0.3, 0.4) is 0 Å². The third-order valence-electron chi connectivity index (χ3n) is 3.84. The van der Waals surface area contributed by atoms with E-state index in [-0.39, 0.29) is 30.6 Å². The zero-order valence-electron chi connectivity index (χ0n) is 13.5. The number of nitrogens with zero attached hydrogens (tertiary/aromatic N) is 2. The molecule has 1 heterocycles. The lowest BCUT2D eigenvalue weighted by Crippen LogP contribution is -2.56. The van der Waals surface area contributed by atoms with Crippen LogP contribution in [0.1, 0.15) is 6.42 Å². The summed E-state index contributed by atoms with van der Waals surface area (Å²) in [5.41, 5.74) is 0.826. The Hall–Kier alpha value is -1.63. The van der Waals surface area contributed by atoms with E-state index in [1.54, 1.807) is 24.0 Å². The highest BCUT2D eigenvalue weighted by molar-refractivity contribution is 5.97. The summed E-state index contributed by atoms with van der Waals surface area (Å²) in [6, 6.07) is 8.97. The molecule has 1 fully saturated rings. The maximum atomic E-state index is 12.4. The van der Waals surface area contributed by atoms with Gasteiger partial charge in [-0.15, -0.1) is 12.4 Å². The first-order valence-electron chi connectivity index (χ1n) is 7.46. The summed E-state index contributed by atoms with van der Waals surface area (Å²) >= 11 is 0. The van der Waals surface area contributed by atoms with Crippen molar-refractivity contribution in [3.8, 4) is 0 Å². The predicted octanol–water partition coefficient (Wildman–Crippen LogP) is 0.908. The van der Waals surface area contributed by atoms with Gasteiger partial charge in [0.1, 0.15) is 0 Å². The molecule has 23 heavy (non-hydrogen) atoms. The molecule has 0 radical (unpaired) electrons. The Morgan fingerprint density at radius 1 is 1.39 bits per heavy atom.